The van der Waals surface area contributed by atoms with Gasteiger partial charge in [0.05, 0.1) is 50.8 Å². The Morgan fingerprint density at radius 1 is 1.07 bits per heavy atom. The van der Waals surface area contributed by atoms with Gasteiger partial charge in [-0.2, -0.15) is 0 Å². The van der Waals surface area contributed by atoms with Crippen molar-refractivity contribution < 1.29 is 28.9 Å². The highest BCUT2D eigenvalue weighted by Gasteiger charge is 2.27. The molecule has 15 heteroatoms. The van der Waals surface area contributed by atoms with Crippen LogP contribution in [0, 0.1) is 25.6 Å². The summed E-state index contributed by atoms with van der Waals surface area (Å²) in [6, 6.07) is 5.00. The lowest BCUT2D eigenvalue weighted by atomic mass is 9.91. The minimum absolute atomic E-state index is 0.0123. The number of hydrogen-bond acceptors (Lipinski definition) is 11. The van der Waals surface area contributed by atoms with Crippen LogP contribution in [-0.2, 0) is 14.3 Å². The van der Waals surface area contributed by atoms with E-state index in [2.05, 4.69) is 31.5 Å². The van der Waals surface area contributed by atoms with Crippen LogP contribution in [0.5, 0.6) is 5.75 Å². The Hall–Kier alpha value is -4.14. The Balaban J connectivity index is 2.54. The van der Waals surface area contributed by atoms with Crippen LogP contribution in [0.2, 0.25) is 0 Å². The first-order chi connectivity index (χ1) is 19.2. The standard InChI is InChI=1S/C26H33BrN6O8/c1-7-9-31(10-11-41-25(35)26(4,5)8-2)21-14-19(28-16(3)34)20(15-23(21)40-6)29-30-24-18(27)12-17(32(36)37)13-22(24)33(38)39/h12-15H,7-11H2,1-6H3,(H,28,34)/b30-29+. The fourth-order valence-corrected chi connectivity index (χ4v) is 4.09. The van der Waals surface area contributed by atoms with Crippen molar-refractivity contribution in [3.63, 3.8) is 0 Å². The van der Waals surface area contributed by atoms with E-state index < -0.39 is 32.5 Å². The quantitative estimate of drug-likeness (QED) is 0.100. The summed E-state index contributed by atoms with van der Waals surface area (Å²) < 4.78 is 11.1. The van der Waals surface area contributed by atoms with Crippen molar-refractivity contribution in [2.45, 2.75) is 47.5 Å². The summed E-state index contributed by atoms with van der Waals surface area (Å²) in [4.78, 5) is 47.6. The molecule has 1 N–H and O–H groups in total. The Morgan fingerprint density at radius 2 is 1.76 bits per heavy atom. The molecule has 0 atom stereocenters. The van der Waals surface area contributed by atoms with Crippen LogP contribution < -0.4 is 15.0 Å². The summed E-state index contributed by atoms with van der Waals surface area (Å²) in [6.07, 6.45) is 1.39. The molecular weight excluding hydrogens is 604 g/mol. The largest absolute Gasteiger partial charge is 0.494 e. The molecule has 0 bridgehead atoms. The molecular formula is C26H33BrN6O8. The number of nitro benzene ring substituents is 2. The van der Waals surface area contributed by atoms with Gasteiger partial charge in [0.2, 0.25) is 5.91 Å². The van der Waals surface area contributed by atoms with E-state index >= 15 is 0 Å². The van der Waals surface area contributed by atoms with Crippen LogP contribution in [-0.4, -0.2) is 48.5 Å². The number of hydrogen-bond donors (Lipinski definition) is 1. The Morgan fingerprint density at radius 3 is 2.29 bits per heavy atom. The molecule has 14 nitrogen and oxygen atoms in total. The van der Waals surface area contributed by atoms with Crippen molar-refractivity contribution in [1.82, 2.24) is 0 Å². The Labute approximate surface area is 245 Å². The van der Waals surface area contributed by atoms with Gasteiger partial charge >= 0.3 is 11.7 Å². The van der Waals surface area contributed by atoms with Crippen LogP contribution in [0.3, 0.4) is 0 Å². The monoisotopic (exact) mass is 636 g/mol. The topological polar surface area (TPSA) is 179 Å². The van der Waals surface area contributed by atoms with E-state index in [-0.39, 0.29) is 34.1 Å². The van der Waals surface area contributed by atoms with E-state index in [4.69, 9.17) is 9.47 Å². The number of carbonyl (C=O) groups excluding carboxylic acids is 2. The summed E-state index contributed by atoms with van der Waals surface area (Å²) in [5.41, 5.74) is -1.03. The maximum atomic E-state index is 12.4. The average molecular weight is 637 g/mol. The molecule has 222 valence electrons. The molecule has 2 rings (SSSR count). The average Bonchev–Trinajstić information content (AvgIpc) is 2.91. The predicted octanol–water partition coefficient (Wildman–Crippen LogP) is 6.84. The van der Waals surface area contributed by atoms with E-state index in [0.29, 0.717) is 30.9 Å². The molecule has 41 heavy (non-hydrogen) atoms. The molecule has 0 fully saturated rings. The second kappa shape index (κ2) is 14.5. The van der Waals surface area contributed by atoms with Crippen molar-refractivity contribution in [2.24, 2.45) is 15.6 Å². The predicted molar refractivity (Wildman–Crippen MR) is 156 cm³/mol. The number of carbonyl (C=O) groups is 2. The molecule has 0 aliphatic heterocycles. The molecule has 2 aromatic rings. The molecule has 0 saturated carbocycles. The SMILES string of the molecule is CCCN(CCOC(=O)C(C)(C)CC)c1cc(NC(C)=O)c(/N=N/c2c(Br)cc([N+](=O)[O-])cc2[N+](=O)[O-])cc1OC. The van der Waals surface area contributed by atoms with Gasteiger partial charge in [-0.05, 0) is 48.7 Å². The number of nitrogens with zero attached hydrogens (tertiary/aromatic N) is 5. The number of benzene rings is 2. The Bertz CT molecular complexity index is 1350. The molecule has 0 radical (unpaired) electrons. The maximum Gasteiger partial charge on any atom is 0.311 e. The number of nitro groups is 2. The van der Waals surface area contributed by atoms with Crippen LogP contribution in [0.25, 0.3) is 0 Å². The molecule has 0 aliphatic carbocycles. The summed E-state index contributed by atoms with van der Waals surface area (Å²) in [5.74, 6) is -0.346. The number of halogens is 1. The Kier molecular flexibility index (Phi) is 11.7. The van der Waals surface area contributed by atoms with E-state index in [1.807, 2.05) is 32.6 Å². The van der Waals surface area contributed by atoms with Crippen LogP contribution in [0.1, 0.15) is 47.5 Å². The zero-order valence-electron chi connectivity index (χ0n) is 23.7. The van der Waals surface area contributed by atoms with Crippen LogP contribution in [0.4, 0.5) is 34.1 Å². The third-order valence-corrected chi connectivity index (χ3v) is 6.77. The maximum absolute atomic E-state index is 12.4. The lowest BCUT2D eigenvalue weighted by Gasteiger charge is -2.28. The van der Waals surface area contributed by atoms with Crippen LogP contribution >= 0.6 is 15.9 Å². The number of esters is 1. The number of azo groups is 1. The molecule has 0 spiro atoms. The molecule has 0 saturated heterocycles. The van der Waals surface area contributed by atoms with Gasteiger partial charge in [-0.1, -0.05) is 13.8 Å². The first kappa shape index (κ1) is 33.1. The van der Waals surface area contributed by atoms with Gasteiger partial charge in [0.1, 0.15) is 18.0 Å². The van der Waals surface area contributed by atoms with Gasteiger partial charge in [-0.25, -0.2) is 0 Å². The summed E-state index contributed by atoms with van der Waals surface area (Å²) >= 11 is 3.09. The molecule has 0 heterocycles. The lowest BCUT2D eigenvalue weighted by molar-refractivity contribution is -0.393. The number of rotatable bonds is 14. The van der Waals surface area contributed by atoms with Crippen molar-refractivity contribution in [3.05, 3.63) is 49.0 Å². The van der Waals surface area contributed by atoms with Crippen molar-refractivity contribution >= 4 is 61.9 Å². The third-order valence-electron chi connectivity index (χ3n) is 6.17. The summed E-state index contributed by atoms with van der Waals surface area (Å²) in [7, 11) is 1.45. The second-order valence-electron chi connectivity index (χ2n) is 9.59. The fourth-order valence-electron chi connectivity index (χ4n) is 3.57. The van der Waals surface area contributed by atoms with Crippen molar-refractivity contribution in [3.8, 4) is 5.75 Å². The zero-order chi connectivity index (χ0) is 30.9. The van der Waals surface area contributed by atoms with Gasteiger partial charge < -0.3 is 19.7 Å². The zero-order valence-corrected chi connectivity index (χ0v) is 25.3. The van der Waals surface area contributed by atoms with E-state index in [1.54, 1.807) is 6.07 Å². The molecule has 0 aliphatic rings. The molecule has 0 unspecified atom stereocenters. The number of methoxy groups -OCH3 is 1. The van der Waals surface area contributed by atoms with Crippen molar-refractivity contribution in [1.29, 1.82) is 0 Å². The lowest BCUT2D eigenvalue weighted by Crippen LogP contribution is -2.32. The molecule has 0 aromatic heterocycles. The van der Waals surface area contributed by atoms with Gasteiger partial charge in [-0.15, -0.1) is 10.2 Å². The van der Waals surface area contributed by atoms with Crippen LogP contribution in [0.15, 0.2) is 39.0 Å². The summed E-state index contributed by atoms with van der Waals surface area (Å²) in [5, 5.41) is 33.5. The smallest absolute Gasteiger partial charge is 0.311 e. The third kappa shape index (κ3) is 8.67. The minimum Gasteiger partial charge on any atom is -0.494 e. The number of nitrogens with one attached hydrogen (secondary N) is 1. The van der Waals surface area contributed by atoms with E-state index in [0.717, 1.165) is 18.6 Å². The number of ether oxygens (including phenoxy) is 2. The molecule has 2 aromatic carbocycles. The number of non-ortho nitro benzene ring substituents is 1. The summed E-state index contributed by atoms with van der Waals surface area (Å²) in [6.45, 7) is 9.89. The first-order valence-electron chi connectivity index (χ1n) is 12.7. The number of anilines is 2. The van der Waals surface area contributed by atoms with Crippen molar-refractivity contribution in [2.75, 3.05) is 37.0 Å². The van der Waals surface area contributed by atoms with Gasteiger partial charge in [0.15, 0.2) is 5.69 Å². The first-order valence-corrected chi connectivity index (χ1v) is 13.5. The number of amides is 1. The molecule has 1 amide bonds. The highest BCUT2D eigenvalue weighted by Crippen LogP contribution is 2.43. The highest BCUT2D eigenvalue weighted by atomic mass is 79.9. The van der Waals surface area contributed by atoms with Gasteiger partial charge in [0.25, 0.3) is 5.69 Å². The van der Waals surface area contributed by atoms with E-state index in [1.165, 1.54) is 20.1 Å². The second-order valence-corrected chi connectivity index (χ2v) is 10.4. The van der Waals surface area contributed by atoms with Gasteiger partial charge in [0, 0.05) is 25.6 Å². The minimum atomic E-state index is -0.804. The fraction of sp³-hybridized carbons (Fsp3) is 0.462. The van der Waals surface area contributed by atoms with Gasteiger partial charge in [-0.3, -0.25) is 29.8 Å². The highest BCUT2D eigenvalue weighted by molar-refractivity contribution is 9.10. The van der Waals surface area contributed by atoms with E-state index in [9.17, 15) is 29.8 Å². The normalized spacial score (nSPS) is 11.3.